The number of anilines is 1. The van der Waals surface area contributed by atoms with Gasteiger partial charge in [0.05, 0.1) is 0 Å². The lowest BCUT2D eigenvalue weighted by Gasteiger charge is -2.08. The van der Waals surface area contributed by atoms with Crippen LogP contribution in [0, 0.1) is 12.8 Å². The normalized spacial score (nSPS) is 10.5. The Labute approximate surface area is 133 Å². The molecule has 1 rings (SSSR count). The van der Waals surface area contributed by atoms with Crippen molar-refractivity contribution in [3.05, 3.63) is 29.8 Å². The average molecular weight is 304 g/mol. The van der Waals surface area contributed by atoms with Gasteiger partial charge < -0.3 is 10.6 Å². The van der Waals surface area contributed by atoms with Crippen LogP contribution >= 0.6 is 0 Å². The number of aryl methyl sites for hydroxylation is 1. The number of carbonyl (C=O) groups excluding carboxylic acids is 2. The SMILES string of the molecule is Cc1cccc(NC(=O)CCCCCCNC(=O)C(C)C)c1. The summed E-state index contributed by atoms with van der Waals surface area (Å²) in [6.07, 6.45) is 4.45. The van der Waals surface area contributed by atoms with Gasteiger partial charge in [0, 0.05) is 24.6 Å². The van der Waals surface area contributed by atoms with Crippen LogP contribution in [0.15, 0.2) is 24.3 Å². The Morgan fingerprint density at radius 2 is 1.82 bits per heavy atom. The Hall–Kier alpha value is -1.84. The molecule has 4 heteroatoms. The molecule has 2 N–H and O–H groups in total. The topological polar surface area (TPSA) is 58.2 Å². The molecule has 0 saturated carbocycles. The predicted octanol–water partition coefficient (Wildman–Crippen LogP) is 3.66. The average Bonchev–Trinajstić information content (AvgIpc) is 2.45. The van der Waals surface area contributed by atoms with Crippen molar-refractivity contribution < 1.29 is 9.59 Å². The number of benzene rings is 1. The van der Waals surface area contributed by atoms with E-state index in [-0.39, 0.29) is 17.7 Å². The van der Waals surface area contributed by atoms with E-state index in [1.54, 1.807) is 0 Å². The standard InChI is InChI=1S/C18H28N2O2/c1-14(2)18(22)19-12-7-5-4-6-11-17(21)20-16-10-8-9-15(3)13-16/h8-10,13-14H,4-7,11-12H2,1-3H3,(H,19,22)(H,20,21). The molecule has 0 atom stereocenters. The van der Waals surface area contributed by atoms with E-state index in [2.05, 4.69) is 10.6 Å². The van der Waals surface area contributed by atoms with E-state index in [1.165, 1.54) is 0 Å². The highest BCUT2D eigenvalue weighted by molar-refractivity contribution is 5.90. The van der Waals surface area contributed by atoms with Crippen molar-refractivity contribution in [2.75, 3.05) is 11.9 Å². The summed E-state index contributed by atoms with van der Waals surface area (Å²) in [7, 11) is 0. The van der Waals surface area contributed by atoms with Gasteiger partial charge in [0.2, 0.25) is 11.8 Å². The molecule has 1 aromatic carbocycles. The monoisotopic (exact) mass is 304 g/mol. The van der Waals surface area contributed by atoms with Crippen molar-refractivity contribution in [3.63, 3.8) is 0 Å². The molecule has 0 radical (unpaired) electrons. The predicted molar refractivity (Wildman–Crippen MR) is 90.7 cm³/mol. The number of nitrogens with one attached hydrogen (secondary N) is 2. The van der Waals surface area contributed by atoms with Gasteiger partial charge in [-0.25, -0.2) is 0 Å². The molecule has 0 saturated heterocycles. The third-order valence-corrected chi connectivity index (χ3v) is 3.46. The van der Waals surface area contributed by atoms with E-state index in [0.29, 0.717) is 6.42 Å². The maximum Gasteiger partial charge on any atom is 0.224 e. The van der Waals surface area contributed by atoms with Gasteiger partial charge in [-0.15, -0.1) is 0 Å². The molecule has 0 unspecified atom stereocenters. The zero-order chi connectivity index (χ0) is 16.4. The fourth-order valence-corrected chi connectivity index (χ4v) is 2.13. The molecule has 0 aromatic heterocycles. The molecule has 0 spiro atoms. The maximum absolute atomic E-state index is 11.8. The van der Waals surface area contributed by atoms with Crippen molar-refractivity contribution in [1.29, 1.82) is 0 Å². The molecule has 0 fully saturated rings. The quantitative estimate of drug-likeness (QED) is 0.684. The molecule has 22 heavy (non-hydrogen) atoms. The van der Waals surface area contributed by atoms with Crippen LogP contribution in [0.2, 0.25) is 0 Å². The first-order chi connectivity index (χ1) is 10.5. The molecule has 0 aliphatic carbocycles. The van der Waals surface area contributed by atoms with Gasteiger partial charge in [-0.05, 0) is 37.5 Å². The van der Waals surface area contributed by atoms with E-state index in [1.807, 2.05) is 45.0 Å². The maximum atomic E-state index is 11.8. The fourth-order valence-electron chi connectivity index (χ4n) is 2.13. The second-order valence-corrected chi connectivity index (χ2v) is 6.03. The van der Waals surface area contributed by atoms with Gasteiger partial charge in [-0.2, -0.15) is 0 Å². The summed E-state index contributed by atoms with van der Waals surface area (Å²) in [5, 5.41) is 5.82. The Kier molecular flexibility index (Phi) is 8.26. The van der Waals surface area contributed by atoms with Gasteiger partial charge in [0.1, 0.15) is 0 Å². The van der Waals surface area contributed by atoms with Crippen LogP contribution in [0.1, 0.15) is 51.5 Å². The van der Waals surface area contributed by atoms with E-state index in [0.717, 1.165) is 43.5 Å². The van der Waals surface area contributed by atoms with Crippen LogP contribution in [0.3, 0.4) is 0 Å². The summed E-state index contributed by atoms with van der Waals surface area (Å²) in [6.45, 7) is 6.52. The molecule has 122 valence electrons. The minimum Gasteiger partial charge on any atom is -0.356 e. The van der Waals surface area contributed by atoms with Crippen molar-refractivity contribution in [2.45, 2.75) is 52.9 Å². The zero-order valence-corrected chi connectivity index (χ0v) is 13.9. The fraction of sp³-hybridized carbons (Fsp3) is 0.556. The van der Waals surface area contributed by atoms with E-state index < -0.39 is 0 Å². The molecule has 0 aliphatic rings. The molecule has 0 heterocycles. The molecular formula is C18H28N2O2. The summed E-state index contributed by atoms with van der Waals surface area (Å²) < 4.78 is 0. The third-order valence-electron chi connectivity index (χ3n) is 3.46. The van der Waals surface area contributed by atoms with Crippen molar-refractivity contribution >= 4 is 17.5 Å². The summed E-state index contributed by atoms with van der Waals surface area (Å²) in [5.41, 5.74) is 2.00. The minimum atomic E-state index is 0.0466. The Morgan fingerprint density at radius 1 is 1.09 bits per heavy atom. The molecule has 2 amide bonds. The van der Waals surface area contributed by atoms with Gasteiger partial charge in [0.25, 0.3) is 0 Å². The highest BCUT2D eigenvalue weighted by Gasteiger charge is 2.05. The summed E-state index contributed by atoms with van der Waals surface area (Å²) in [6, 6.07) is 7.82. The lowest BCUT2D eigenvalue weighted by molar-refractivity contribution is -0.124. The van der Waals surface area contributed by atoms with Crippen LogP contribution < -0.4 is 10.6 Å². The van der Waals surface area contributed by atoms with Crippen LogP contribution in [0.5, 0.6) is 0 Å². The van der Waals surface area contributed by atoms with Crippen LogP contribution in [0.4, 0.5) is 5.69 Å². The number of rotatable bonds is 9. The Balaban J connectivity index is 2.05. The zero-order valence-electron chi connectivity index (χ0n) is 13.9. The first-order valence-corrected chi connectivity index (χ1v) is 8.13. The smallest absolute Gasteiger partial charge is 0.224 e. The number of unbranched alkanes of at least 4 members (excludes halogenated alkanes) is 3. The summed E-state index contributed by atoms with van der Waals surface area (Å²) >= 11 is 0. The largest absolute Gasteiger partial charge is 0.356 e. The first-order valence-electron chi connectivity index (χ1n) is 8.13. The lowest BCUT2D eigenvalue weighted by Crippen LogP contribution is -2.28. The second kappa shape index (κ2) is 9.98. The Morgan fingerprint density at radius 3 is 2.50 bits per heavy atom. The van der Waals surface area contributed by atoms with Crippen molar-refractivity contribution in [2.24, 2.45) is 5.92 Å². The van der Waals surface area contributed by atoms with Crippen molar-refractivity contribution in [3.8, 4) is 0 Å². The van der Waals surface area contributed by atoms with Gasteiger partial charge in [-0.1, -0.05) is 38.8 Å². The van der Waals surface area contributed by atoms with Crippen LogP contribution in [-0.2, 0) is 9.59 Å². The number of amides is 2. The van der Waals surface area contributed by atoms with Gasteiger partial charge in [0.15, 0.2) is 0 Å². The number of hydrogen-bond donors (Lipinski definition) is 2. The second-order valence-electron chi connectivity index (χ2n) is 6.03. The minimum absolute atomic E-state index is 0.0466. The summed E-state index contributed by atoms with van der Waals surface area (Å²) in [4.78, 5) is 23.2. The number of hydrogen-bond acceptors (Lipinski definition) is 2. The Bertz CT molecular complexity index is 484. The molecule has 0 bridgehead atoms. The van der Waals surface area contributed by atoms with Crippen LogP contribution in [-0.4, -0.2) is 18.4 Å². The van der Waals surface area contributed by atoms with Crippen LogP contribution in [0.25, 0.3) is 0 Å². The third kappa shape index (κ3) is 7.81. The highest BCUT2D eigenvalue weighted by atomic mass is 16.2. The van der Waals surface area contributed by atoms with E-state index >= 15 is 0 Å². The van der Waals surface area contributed by atoms with E-state index in [9.17, 15) is 9.59 Å². The van der Waals surface area contributed by atoms with E-state index in [4.69, 9.17) is 0 Å². The molecular weight excluding hydrogens is 276 g/mol. The number of carbonyl (C=O) groups is 2. The molecule has 0 aliphatic heterocycles. The molecule has 1 aromatic rings. The highest BCUT2D eigenvalue weighted by Crippen LogP contribution is 2.11. The first kappa shape index (κ1) is 18.2. The summed E-state index contributed by atoms with van der Waals surface area (Å²) in [5.74, 6) is 0.224. The van der Waals surface area contributed by atoms with Gasteiger partial charge in [-0.3, -0.25) is 9.59 Å². The lowest BCUT2D eigenvalue weighted by atomic mass is 10.1. The molecule has 4 nitrogen and oxygen atoms in total. The van der Waals surface area contributed by atoms with Gasteiger partial charge >= 0.3 is 0 Å². The van der Waals surface area contributed by atoms with Crippen molar-refractivity contribution in [1.82, 2.24) is 5.32 Å².